The number of nitrogens with zero attached hydrogens (tertiary/aromatic N) is 1. The monoisotopic (exact) mass is 202 g/mol. The molecule has 3 heteroatoms. The Hall–Kier alpha value is -0.150. The Bertz CT molecular complexity index is 200. The summed E-state index contributed by atoms with van der Waals surface area (Å²) < 4.78 is 14.1. The molecule has 0 amide bonds. The third kappa shape index (κ3) is 2.26. The van der Waals surface area contributed by atoms with Crippen LogP contribution in [0.15, 0.2) is 0 Å². The molecule has 1 rings (SSSR count). The molecule has 0 spiro atoms. The Morgan fingerprint density at radius 3 is 2.36 bits per heavy atom. The summed E-state index contributed by atoms with van der Waals surface area (Å²) in [5.41, 5.74) is 4.47. The molecule has 14 heavy (non-hydrogen) atoms. The number of hydrogen-bond acceptors (Lipinski definition) is 2. The SMILES string of the molecule is CCN1C[C@@](F)(CN)CC1C(C)(C)C. The number of halogens is 1. The highest BCUT2D eigenvalue weighted by atomic mass is 19.1. The number of rotatable bonds is 2. The summed E-state index contributed by atoms with van der Waals surface area (Å²) in [6, 6.07) is 0.320. The molecular weight excluding hydrogens is 179 g/mol. The largest absolute Gasteiger partial charge is 0.327 e. The minimum atomic E-state index is -1.16. The second-order valence-electron chi connectivity index (χ2n) is 5.50. The van der Waals surface area contributed by atoms with Crippen molar-refractivity contribution in [3.05, 3.63) is 0 Å². The van der Waals surface area contributed by atoms with E-state index in [1.807, 2.05) is 0 Å². The molecular formula is C11H23FN2. The van der Waals surface area contributed by atoms with Gasteiger partial charge in [-0.1, -0.05) is 27.7 Å². The maximum atomic E-state index is 14.1. The third-order valence-corrected chi connectivity index (χ3v) is 3.26. The van der Waals surface area contributed by atoms with Crippen LogP contribution in [0.4, 0.5) is 4.39 Å². The van der Waals surface area contributed by atoms with Crippen molar-refractivity contribution in [2.45, 2.75) is 45.8 Å². The average molecular weight is 202 g/mol. The topological polar surface area (TPSA) is 29.3 Å². The standard InChI is InChI=1S/C11H23FN2/c1-5-14-8-11(12,7-13)6-9(14)10(2,3)4/h9H,5-8,13H2,1-4H3/t9?,11-/m0/s1. The van der Waals surface area contributed by atoms with Crippen molar-refractivity contribution in [1.29, 1.82) is 0 Å². The second-order valence-corrected chi connectivity index (χ2v) is 5.50. The molecule has 2 atom stereocenters. The Labute approximate surface area is 86.6 Å². The first-order valence-corrected chi connectivity index (χ1v) is 5.45. The molecule has 0 aromatic heterocycles. The molecule has 2 nitrogen and oxygen atoms in total. The normalized spacial score (nSPS) is 35.1. The predicted molar refractivity (Wildman–Crippen MR) is 58.0 cm³/mol. The van der Waals surface area contributed by atoms with Crippen LogP contribution in [0, 0.1) is 5.41 Å². The van der Waals surface area contributed by atoms with E-state index in [-0.39, 0.29) is 12.0 Å². The van der Waals surface area contributed by atoms with Gasteiger partial charge in [0, 0.05) is 19.1 Å². The lowest BCUT2D eigenvalue weighted by molar-refractivity contribution is 0.146. The first-order chi connectivity index (χ1) is 6.32. The third-order valence-electron chi connectivity index (χ3n) is 3.26. The summed E-state index contributed by atoms with van der Waals surface area (Å²) in [6.45, 7) is 10.2. The van der Waals surface area contributed by atoms with E-state index in [1.54, 1.807) is 0 Å². The maximum absolute atomic E-state index is 14.1. The zero-order valence-corrected chi connectivity index (χ0v) is 9.81. The van der Waals surface area contributed by atoms with E-state index in [4.69, 9.17) is 5.73 Å². The van der Waals surface area contributed by atoms with Gasteiger partial charge < -0.3 is 5.73 Å². The zero-order valence-electron chi connectivity index (χ0n) is 9.81. The second kappa shape index (κ2) is 3.78. The molecule has 1 heterocycles. The summed E-state index contributed by atoms with van der Waals surface area (Å²) >= 11 is 0. The van der Waals surface area contributed by atoms with E-state index in [0.717, 1.165) is 6.54 Å². The van der Waals surface area contributed by atoms with Crippen LogP contribution in [0.5, 0.6) is 0 Å². The summed E-state index contributed by atoms with van der Waals surface area (Å²) in [5, 5.41) is 0. The number of alkyl halides is 1. The van der Waals surface area contributed by atoms with Crippen molar-refractivity contribution in [2.75, 3.05) is 19.6 Å². The molecule has 2 N–H and O–H groups in total. The van der Waals surface area contributed by atoms with E-state index in [0.29, 0.717) is 19.0 Å². The van der Waals surface area contributed by atoms with Gasteiger partial charge in [-0.15, -0.1) is 0 Å². The van der Waals surface area contributed by atoms with E-state index in [1.165, 1.54) is 0 Å². The Kier molecular flexibility index (Phi) is 3.22. The van der Waals surface area contributed by atoms with Gasteiger partial charge in [0.1, 0.15) is 5.67 Å². The van der Waals surface area contributed by atoms with E-state index < -0.39 is 5.67 Å². The summed E-state index contributed by atoms with van der Waals surface area (Å²) in [6.07, 6.45) is 0.584. The Balaban J connectivity index is 2.78. The summed E-state index contributed by atoms with van der Waals surface area (Å²) in [7, 11) is 0. The Morgan fingerprint density at radius 1 is 1.50 bits per heavy atom. The van der Waals surface area contributed by atoms with Gasteiger partial charge in [-0.2, -0.15) is 0 Å². The highest BCUT2D eigenvalue weighted by molar-refractivity contribution is 5.01. The van der Waals surface area contributed by atoms with Gasteiger partial charge in [-0.25, -0.2) is 4.39 Å². The molecule has 0 saturated carbocycles. The number of nitrogens with two attached hydrogens (primary N) is 1. The van der Waals surface area contributed by atoms with Crippen LogP contribution in [0.3, 0.4) is 0 Å². The number of likely N-dealkylation sites (tertiary alicyclic amines) is 1. The highest BCUT2D eigenvalue weighted by Crippen LogP contribution is 2.38. The van der Waals surface area contributed by atoms with Crippen LogP contribution in [0.1, 0.15) is 34.1 Å². The van der Waals surface area contributed by atoms with E-state index >= 15 is 0 Å². The lowest BCUT2D eigenvalue weighted by Gasteiger charge is -2.33. The van der Waals surface area contributed by atoms with Crippen LogP contribution in [0.2, 0.25) is 0 Å². The minimum Gasteiger partial charge on any atom is -0.327 e. The Morgan fingerprint density at radius 2 is 2.07 bits per heavy atom. The van der Waals surface area contributed by atoms with Crippen molar-refractivity contribution in [2.24, 2.45) is 11.1 Å². The molecule has 1 unspecified atom stereocenters. The van der Waals surface area contributed by atoms with Crippen LogP contribution < -0.4 is 5.73 Å². The van der Waals surface area contributed by atoms with E-state index in [9.17, 15) is 4.39 Å². The predicted octanol–water partition coefficient (Wildman–Crippen LogP) is 1.79. The van der Waals surface area contributed by atoms with Gasteiger partial charge in [0.25, 0.3) is 0 Å². The molecule has 1 aliphatic rings. The van der Waals surface area contributed by atoms with Crippen molar-refractivity contribution < 1.29 is 4.39 Å². The van der Waals surface area contributed by atoms with Crippen LogP contribution in [0.25, 0.3) is 0 Å². The molecule has 0 aromatic rings. The molecule has 1 saturated heterocycles. The molecule has 1 aliphatic heterocycles. The van der Waals surface area contributed by atoms with Crippen molar-refractivity contribution in [1.82, 2.24) is 4.90 Å². The lowest BCUT2D eigenvalue weighted by Crippen LogP contribution is -2.39. The fourth-order valence-corrected chi connectivity index (χ4v) is 2.35. The number of hydrogen-bond donors (Lipinski definition) is 1. The van der Waals surface area contributed by atoms with Gasteiger partial charge in [0.05, 0.1) is 0 Å². The average Bonchev–Trinajstić information content (AvgIpc) is 2.43. The van der Waals surface area contributed by atoms with Crippen LogP contribution >= 0.6 is 0 Å². The van der Waals surface area contributed by atoms with Crippen molar-refractivity contribution >= 4 is 0 Å². The first-order valence-electron chi connectivity index (χ1n) is 5.45. The zero-order chi connectivity index (χ0) is 11.0. The maximum Gasteiger partial charge on any atom is 0.137 e. The van der Waals surface area contributed by atoms with Gasteiger partial charge in [0.15, 0.2) is 0 Å². The quantitative estimate of drug-likeness (QED) is 0.739. The molecule has 0 aliphatic carbocycles. The van der Waals surface area contributed by atoms with Crippen LogP contribution in [-0.2, 0) is 0 Å². The van der Waals surface area contributed by atoms with Gasteiger partial charge in [-0.05, 0) is 18.4 Å². The van der Waals surface area contributed by atoms with Gasteiger partial charge in [0.2, 0.25) is 0 Å². The first kappa shape index (κ1) is 11.9. The summed E-state index contributed by atoms with van der Waals surface area (Å²) in [5.74, 6) is 0. The lowest BCUT2D eigenvalue weighted by atomic mass is 9.83. The molecule has 0 radical (unpaired) electrons. The van der Waals surface area contributed by atoms with Gasteiger partial charge >= 0.3 is 0 Å². The van der Waals surface area contributed by atoms with Crippen molar-refractivity contribution in [3.63, 3.8) is 0 Å². The van der Waals surface area contributed by atoms with E-state index in [2.05, 4.69) is 32.6 Å². The van der Waals surface area contributed by atoms with Gasteiger partial charge in [-0.3, -0.25) is 4.90 Å². The molecule has 84 valence electrons. The highest BCUT2D eigenvalue weighted by Gasteiger charge is 2.46. The van der Waals surface area contributed by atoms with Crippen LogP contribution in [-0.4, -0.2) is 36.2 Å². The fraction of sp³-hybridized carbons (Fsp3) is 1.00. The fourth-order valence-electron chi connectivity index (χ4n) is 2.35. The molecule has 0 aromatic carbocycles. The van der Waals surface area contributed by atoms with Crippen molar-refractivity contribution in [3.8, 4) is 0 Å². The smallest absolute Gasteiger partial charge is 0.137 e. The molecule has 1 fully saturated rings. The summed E-state index contributed by atoms with van der Waals surface area (Å²) in [4.78, 5) is 2.22. The minimum absolute atomic E-state index is 0.138. The molecule has 0 bridgehead atoms.